The van der Waals surface area contributed by atoms with Gasteiger partial charge in [0.25, 0.3) is 11.7 Å². The van der Waals surface area contributed by atoms with Crippen molar-refractivity contribution < 1.29 is 14.7 Å². The van der Waals surface area contributed by atoms with Gasteiger partial charge in [0.2, 0.25) is 5.82 Å². The summed E-state index contributed by atoms with van der Waals surface area (Å²) < 4.78 is 1.53. The van der Waals surface area contributed by atoms with Crippen molar-refractivity contribution in [1.82, 2.24) is 24.5 Å². The summed E-state index contributed by atoms with van der Waals surface area (Å²) in [5.74, 6) is -0.690. The lowest BCUT2D eigenvalue weighted by molar-refractivity contribution is -0.141. The minimum absolute atomic E-state index is 0.0234. The van der Waals surface area contributed by atoms with Crippen LogP contribution >= 0.6 is 0 Å². The molecular formula is C17H21N5O3. The Morgan fingerprint density at radius 1 is 1.20 bits per heavy atom. The van der Waals surface area contributed by atoms with E-state index < -0.39 is 17.9 Å². The van der Waals surface area contributed by atoms with Crippen LogP contribution in [0.1, 0.15) is 54.1 Å². The zero-order valence-electron chi connectivity index (χ0n) is 14.3. The number of aryl methyl sites for hydroxylation is 2. The molecule has 1 saturated heterocycles. The first-order chi connectivity index (χ1) is 12.0. The maximum Gasteiger partial charge on any atom is 0.326 e. The summed E-state index contributed by atoms with van der Waals surface area (Å²) in [6, 6.07) is 1.05. The number of aromatic nitrogens is 4. The van der Waals surface area contributed by atoms with Gasteiger partial charge in [0.15, 0.2) is 0 Å². The molecule has 1 amide bonds. The molecule has 3 heterocycles. The molecule has 4 rings (SSSR count). The highest BCUT2D eigenvalue weighted by molar-refractivity contribution is 5.94. The number of carboxylic acid groups (broad SMARTS) is 1. The summed E-state index contributed by atoms with van der Waals surface area (Å²) in [5, 5.41) is 13.9. The molecule has 0 bridgehead atoms. The Hall–Kier alpha value is -2.51. The van der Waals surface area contributed by atoms with Gasteiger partial charge in [0.1, 0.15) is 6.04 Å². The van der Waals surface area contributed by atoms with Gasteiger partial charge in [0.05, 0.1) is 0 Å². The van der Waals surface area contributed by atoms with E-state index in [1.165, 1.54) is 9.42 Å². The molecular weight excluding hydrogens is 322 g/mol. The standard InChI is InChI=1S/C17H21N5O3/c1-9-7-10(2)22-17(18-9)19-14(20-22)15(23)21-12-6-4-3-5-11(12)8-13(21)16(24)25/h7,11-13H,3-6,8H2,1-2H3,(H,24,25). The van der Waals surface area contributed by atoms with E-state index >= 15 is 0 Å². The van der Waals surface area contributed by atoms with Crippen LogP contribution in [0, 0.1) is 19.8 Å². The van der Waals surface area contributed by atoms with Gasteiger partial charge in [-0.2, -0.15) is 4.98 Å². The Kier molecular flexibility index (Phi) is 3.70. The van der Waals surface area contributed by atoms with Crippen LogP contribution in [0.4, 0.5) is 0 Å². The minimum atomic E-state index is -0.948. The molecule has 1 N–H and O–H groups in total. The van der Waals surface area contributed by atoms with Crippen LogP contribution < -0.4 is 0 Å². The Morgan fingerprint density at radius 3 is 2.72 bits per heavy atom. The summed E-state index contributed by atoms with van der Waals surface area (Å²) in [6.07, 6.45) is 4.48. The molecule has 1 aliphatic carbocycles. The van der Waals surface area contributed by atoms with E-state index in [0.717, 1.165) is 37.1 Å². The number of aliphatic carboxylic acids is 1. The lowest BCUT2D eigenvalue weighted by Crippen LogP contribution is -2.46. The monoisotopic (exact) mass is 343 g/mol. The number of amides is 1. The Labute approximate surface area is 144 Å². The van der Waals surface area contributed by atoms with Crippen LogP contribution in [0.5, 0.6) is 0 Å². The first-order valence-electron chi connectivity index (χ1n) is 8.72. The normalized spacial score (nSPS) is 26.0. The number of carboxylic acids is 1. The average molecular weight is 343 g/mol. The van der Waals surface area contributed by atoms with Gasteiger partial charge in [0, 0.05) is 17.4 Å². The average Bonchev–Trinajstić information content (AvgIpc) is 3.15. The van der Waals surface area contributed by atoms with E-state index in [9.17, 15) is 14.7 Å². The zero-order chi connectivity index (χ0) is 17.7. The lowest BCUT2D eigenvalue weighted by atomic mass is 9.85. The van der Waals surface area contributed by atoms with Crippen molar-refractivity contribution in [3.05, 3.63) is 23.3 Å². The molecule has 2 aromatic heterocycles. The third-order valence-corrected chi connectivity index (χ3v) is 5.42. The van der Waals surface area contributed by atoms with E-state index in [-0.39, 0.29) is 17.8 Å². The largest absolute Gasteiger partial charge is 0.480 e. The van der Waals surface area contributed by atoms with Gasteiger partial charge >= 0.3 is 5.97 Å². The van der Waals surface area contributed by atoms with Crippen LogP contribution in [0.25, 0.3) is 5.78 Å². The van der Waals surface area contributed by atoms with Crippen LogP contribution in [0.2, 0.25) is 0 Å². The number of fused-ring (bicyclic) bond motifs is 2. The van der Waals surface area contributed by atoms with Crippen molar-refractivity contribution in [2.75, 3.05) is 0 Å². The first kappa shape index (κ1) is 16.0. The molecule has 1 saturated carbocycles. The molecule has 0 radical (unpaired) electrons. The highest BCUT2D eigenvalue weighted by Crippen LogP contribution is 2.40. The number of carbonyl (C=O) groups is 2. The van der Waals surface area contributed by atoms with Crippen LogP contribution in [0.15, 0.2) is 6.07 Å². The second-order valence-electron chi connectivity index (χ2n) is 7.10. The van der Waals surface area contributed by atoms with Crippen molar-refractivity contribution in [3.8, 4) is 0 Å². The third-order valence-electron chi connectivity index (χ3n) is 5.42. The number of hydrogen-bond acceptors (Lipinski definition) is 5. The summed E-state index contributed by atoms with van der Waals surface area (Å²) >= 11 is 0. The van der Waals surface area contributed by atoms with Gasteiger partial charge in [-0.25, -0.2) is 14.3 Å². The summed E-state index contributed by atoms with van der Waals surface area (Å²) in [6.45, 7) is 3.73. The first-order valence-corrected chi connectivity index (χ1v) is 8.72. The SMILES string of the molecule is Cc1cc(C)n2nc(C(=O)N3C(C(=O)O)CC4CCCCC43)nc2n1. The minimum Gasteiger partial charge on any atom is -0.480 e. The Balaban J connectivity index is 1.73. The maximum atomic E-state index is 13.1. The Morgan fingerprint density at radius 2 is 1.96 bits per heavy atom. The molecule has 132 valence electrons. The summed E-state index contributed by atoms with van der Waals surface area (Å²) in [4.78, 5) is 34.9. The fourth-order valence-corrected chi connectivity index (χ4v) is 4.35. The predicted octanol–water partition coefficient (Wildman–Crippen LogP) is 1.60. The zero-order valence-corrected chi connectivity index (χ0v) is 14.3. The predicted molar refractivity (Wildman–Crippen MR) is 88.2 cm³/mol. The molecule has 25 heavy (non-hydrogen) atoms. The smallest absolute Gasteiger partial charge is 0.326 e. The second kappa shape index (κ2) is 5.79. The van der Waals surface area contributed by atoms with Crippen LogP contribution in [-0.2, 0) is 4.79 Å². The van der Waals surface area contributed by atoms with E-state index in [2.05, 4.69) is 15.1 Å². The fraction of sp³-hybridized carbons (Fsp3) is 0.588. The Bertz CT molecular complexity index is 861. The van der Waals surface area contributed by atoms with Crippen molar-refractivity contribution in [2.24, 2.45) is 5.92 Å². The van der Waals surface area contributed by atoms with E-state index in [1.54, 1.807) is 0 Å². The number of likely N-dealkylation sites (tertiary alicyclic amines) is 1. The van der Waals surface area contributed by atoms with Crippen molar-refractivity contribution in [3.63, 3.8) is 0 Å². The second-order valence-corrected chi connectivity index (χ2v) is 7.10. The van der Waals surface area contributed by atoms with E-state index in [0.29, 0.717) is 12.2 Å². The number of rotatable bonds is 2. The van der Waals surface area contributed by atoms with Crippen LogP contribution in [0.3, 0.4) is 0 Å². The molecule has 3 atom stereocenters. The van der Waals surface area contributed by atoms with Crippen molar-refractivity contribution in [2.45, 2.75) is 58.0 Å². The molecule has 2 aliphatic rings. The number of nitrogens with zero attached hydrogens (tertiary/aromatic N) is 5. The van der Waals surface area contributed by atoms with Crippen molar-refractivity contribution in [1.29, 1.82) is 0 Å². The van der Waals surface area contributed by atoms with Crippen LogP contribution in [-0.4, -0.2) is 53.5 Å². The molecule has 8 heteroatoms. The molecule has 2 aromatic rings. The van der Waals surface area contributed by atoms with Gasteiger partial charge in [-0.15, -0.1) is 5.10 Å². The van der Waals surface area contributed by atoms with Gasteiger partial charge in [-0.05, 0) is 45.1 Å². The maximum absolute atomic E-state index is 13.1. The lowest BCUT2D eigenvalue weighted by Gasteiger charge is -2.32. The van der Waals surface area contributed by atoms with Gasteiger partial charge < -0.3 is 10.0 Å². The molecule has 0 spiro atoms. The van der Waals surface area contributed by atoms with Crippen molar-refractivity contribution >= 4 is 17.7 Å². The highest BCUT2D eigenvalue weighted by atomic mass is 16.4. The summed E-state index contributed by atoms with van der Waals surface area (Å²) in [7, 11) is 0. The molecule has 2 fully saturated rings. The number of hydrogen-bond donors (Lipinski definition) is 1. The molecule has 3 unspecified atom stereocenters. The van der Waals surface area contributed by atoms with Gasteiger partial charge in [-0.3, -0.25) is 4.79 Å². The molecule has 1 aliphatic heterocycles. The molecule has 0 aromatic carbocycles. The van der Waals surface area contributed by atoms with Gasteiger partial charge in [-0.1, -0.05) is 12.8 Å². The highest BCUT2D eigenvalue weighted by Gasteiger charge is 2.48. The quantitative estimate of drug-likeness (QED) is 0.889. The topological polar surface area (TPSA) is 101 Å². The van der Waals surface area contributed by atoms with E-state index in [1.807, 2.05) is 19.9 Å². The molecule has 8 nitrogen and oxygen atoms in total. The van der Waals surface area contributed by atoms with E-state index in [4.69, 9.17) is 0 Å². The fourth-order valence-electron chi connectivity index (χ4n) is 4.35. The number of carbonyl (C=O) groups excluding carboxylic acids is 1. The summed E-state index contributed by atoms with van der Waals surface area (Å²) in [5.41, 5.74) is 1.63. The third kappa shape index (κ3) is 2.56.